The van der Waals surface area contributed by atoms with E-state index < -0.39 is 11.7 Å². The smallest absolute Gasteiger partial charge is 0.369 e. The average Bonchev–Trinajstić information content (AvgIpc) is 3.18. The summed E-state index contributed by atoms with van der Waals surface area (Å²) in [7, 11) is 0. The van der Waals surface area contributed by atoms with E-state index in [0.29, 0.717) is 11.7 Å². The van der Waals surface area contributed by atoms with Crippen molar-refractivity contribution in [1.82, 2.24) is 0 Å². The van der Waals surface area contributed by atoms with Crippen LogP contribution in [0.4, 0.5) is 18.9 Å². The van der Waals surface area contributed by atoms with Gasteiger partial charge in [-0.2, -0.15) is 13.2 Å². The molecule has 1 saturated carbocycles. The van der Waals surface area contributed by atoms with Crippen LogP contribution in [-0.4, -0.2) is 18.9 Å². The van der Waals surface area contributed by atoms with Crippen LogP contribution in [0.25, 0.3) is 0 Å². The van der Waals surface area contributed by atoms with Crippen molar-refractivity contribution >= 4 is 12.0 Å². The molecule has 5 heteroatoms. The van der Waals surface area contributed by atoms with Crippen molar-refractivity contribution in [2.75, 3.05) is 11.4 Å². The number of nitrogens with zero attached hydrogens (tertiary/aromatic N) is 1. The maximum absolute atomic E-state index is 12.9. The van der Waals surface area contributed by atoms with Crippen molar-refractivity contribution in [3.8, 4) is 0 Å². The van der Waals surface area contributed by atoms with Crippen LogP contribution in [-0.2, 0) is 6.18 Å². The normalized spacial score (nSPS) is 15.4. The number of hydrogen-bond acceptors (Lipinski definition) is 2. The van der Waals surface area contributed by atoms with Gasteiger partial charge >= 0.3 is 6.18 Å². The molecule has 0 bridgehead atoms. The molecule has 0 unspecified atom stereocenters. The molecule has 1 fully saturated rings. The standard InChI is InChI=1S/C14H16F3NO/c1-2-7-18(11-5-6-11)12-4-3-10(9-19)13(8-12)14(15,16)17/h3-4,8-9,11H,2,5-7H2,1H3. The average molecular weight is 271 g/mol. The molecule has 0 atom stereocenters. The Balaban J connectivity index is 2.38. The summed E-state index contributed by atoms with van der Waals surface area (Å²) in [5.74, 6) is 0. The van der Waals surface area contributed by atoms with Crippen LogP contribution in [0.1, 0.15) is 42.1 Å². The molecule has 1 aliphatic carbocycles. The fraction of sp³-hybridized carbons (Fsp3) is 0.500. The SMILES string of the molecule is CCCN(c1ccc(C=O)c(C(F)(F)F)c1)C1CC1. The Morgan fingerprint density at radius 3 is 2.53 bits per heavy atom. The molecule has 1 aromatic rings. The van der Waals surface area contributed by atoms with E-state index in [0.717, 1.165) is 31.9 Å². The first-order valence-corrected chi connectivity index (χ1v) is 6.40. The van der Waals surface area contributed by atoms with E-state index in [2.05, 4.69) is 0 Å². The molecular formula is C14H16F3NO. The number of alkyl halides is 3. The van der Waals surface area contributed by atoms with E-state index in [1.807, 2.05) is 11.8 Å². The minimum absolute atomic E-state index is 0.258. The third-order valence-corrected chi connectivity index (χ3v) is 3.25. The second-order valence-corrected chi connectivity index (χ2v) is 4.81. The molecule has 104 valence electrons. The Hall–Kier alpha value is -1.52. The Morgan fingerprint density at radius 2 is 2.05 bits per heavy atom. The largest absolute Gasteiger partial charge is 0.417 e. The summed E-state index contributed by atoms with van der Waals surface area (Å²) in [5.41, 5.74) is -0.590. The summed E-state index contributed by atoms with van der Waals surface area (Å²) in [5, 5.41) is 0. The predicted octanol–water partition coefficient (Wildman–Crippen LogP) is 3.90. The number of rotatable bonds is 5. The predicted molar refractivity (Wildman–Crippen MR) is 67.5 cm³/mol. The van der Waals surface area contributed by atoms with Crippen LogP contribution in [0.15, 0.2) is 18.2 Å². The molecule has 0 aromatic heterocycles. The summed E-state index contributed by atoms with van der Waals surface area (Å²) in [6.07, 6.45) is -1.30. The molecule has 0 saturated heterocycles. The van der Waals surface area contributed by atoms with Crippen LogP contribution in [0, 0.1) is 0 Å². The molecule has 0 N–H and O–H groups in total. The van der Waals surface area contributed by atoms with Crippen LogP contribution in [0.2, 0.25) is 0 Å². The maximum Gasteiger partial charge on any atom is 0.417 e. The zero-order valence-corrected chi connectivity index (χ0v) is 10.7. The molecule has 0 heterocycles. The first-order chi connectivity index (χ1) is 8.97. The van der Waals surface area contributed by atoms with Gasteiger partial charge in [0.1, 0.15) is 0 Å². The van der Waals surface area contributed by atoms with E-state index in [1.54, 1.807) is 6.07 Å². The van der Waals surface area contributed by atoms with Gasteiger partial charge in [-0.25, -0.2) is 0 Å². The van der Waals surface area contributed by atoms with Gasteiger partial charge in [-0.3, -0.25) is 4.79 Å². The van der Waals surface area contributed by atoms with Gasteiger partial charge in [0.15, 0.2) is 6.29 Å². The molecule has 0 spiro atoms. The Kier molecular flexibility index (Phi) is 3.83. The summed E-state index contributed by atoms with van der Waals surface area (Å²) < 4.78 is 38.7. The first kappa shape index (κ1) is 13.9. The van der Waals surface area contributed by atoms with Crippen LogP contribution >= 0.6 is 0 Å². The fourth-order valence-electron chi connectivity index (χ4n) is 2.22. The molecule has 0 radical (unpaired) electrons. The molecule has 2 rings (SSSR count). The summed E-state index contributed by atoms with van der Waals surface area (Å²) >= 11 is 0. The van der Waals surface area contributed by atoms with Gasteiger partial charge in [-0.15, -0.1) is 0 Å². The molecule has 0 amide bonds. The first-order valence-electron chi connectivity index (χ1n) is 6.40. The number of halogens is 3. The highest BCUT2D eigenvalue weighted by molar-refractivity contribution is 5.79. The van der Waals surface area contributed by atoms with E-state index in [1.165, 1.54) is 6.07 Å². The minimum atomic E-state index is -4.49. The molecule has 0 aliphatic heterocycles. The van der Waals surface area contributed by atoms with Crippen molar-refractivity contribution in [1.29, 1.82) is 0 Å². The number of hydrogen-bond donors (Lipinski definition) is 0. The monoisotopic (exact) mass is 271 g/mol. The molecule has 1 aromatic carbocycles. The Morgan fingerprint density at radius 1 is 1.37 bits per heavy atom. The second-order valence-electron chi connectivity index (χ2n) is 4.81. The van der Waals surface area contributed by atoms with Gasteiger partial charge in [0.2, 0.25) is 0 Å². The van der Waals surface area contributed by atoms with Gasteiger partial charge < -0.3 is 4.90 Å². The van der Waals surface area contributed by atoms with Crippen molar-refractivity contribution in [3.05, 3.63) is 29.3 Å². The lowest BCUT2D eigenvalue weighted by atomic mass is 10.1. The highest BCUT2D eigenvalue weighted by Crippen LogP contribution is 2.37. The van der Waals surface area contributed by atoms with Crippen LogP contribution < -0.4 is 4.90 Å². The molecule has 2 nitrogen and oxygen atoms in total. The van der Waals surface area contributed by atoms with Gasteiger partial charge in [0.25, 0.3) is 0 Å². The summed E-state index contributed by atoms with van der Waals surface area (Å²) in [6.45, 7) is 2.74. The number of benzene rings is 1. The van der Waals surface area contributed by atoms with Gasteiger partial charge in [0, 0.05) is 23.8 Å². The number of carbonyl (C=O) groups is 1. The van der Waals surface area contributed by atoms with Crippen molar-refractivity contribution in [2.45, 2.75) is 38.4 Å². The lowest BCUT2D eigenvalue weighted by Crippen LogP contribution is -2.27. The van der Waals surface area contributed by atoms with Gasteiger partial charge in [-0.1, -0.05) is 6.92 Å². The van der Waals surface area contributed by atoms with Crippen molar-refractivity contribution < 1.29 is 18.0 Å². The number of carbonyl (C=O) groups excluding carboxylic acids is 1. The van der Waals surface area contributed by atoms with Crippen LogP contribution in [0.3, 0.4) is 0 Å². The lowest BCUT2D eigenvalue weighted by molar-refractivity contribution is -0.137. The highest BCUT2D eigenvalue weighted by Gasteiger charge is 2.35. The number of aldehydes is 1. The third kappa shape index (κ3) is 3.08. The topological polar surface area (TPSA) is 20.3 Å². The Labute approximate surface area is 110 Å². The van der Waals surface area contributed by atoms with E-state index in [4.69, 9.17) is 0 Å². The lowest BCUT2D eigenvalue weighted by Gasteiger charge is -2.25. The van der Waals surface area contributed by atoms with E-state index in [-0.39, 0.29) is 11.8 Å². The molecular weight excluding hydrogens is 255 g/mol. The summed E-state index contributed by atoms with van der Waals surface area (Å²) in [6, 6.07) is 4.31. The van der Waals surface area contributed by atoms with Crippen molar-refractivity contribution in [3.63, 3.8) is 0 Å². The Bertz CT molecular complexity index is 466. The third-order valence-electron chi connectivity index (χ3n) is 3.25. The molecule has 19 heavy (non-hydrogen) atoms. The molecule has 1 aliphatic rings. The van der Waals surface area contributed by atoms with Gasteiger partial charge in [0.05, 0.1) is 5.56 Å². The zero-order chi connectivity index (χ0) is 14.0. The van der Waals surface area contributed by atoms with E-state index >= 15 is 0 Å². The van der Waals surface area contributed by atoms with E-state index in [9.17, 15) is 18.0 Å². The highest BCUT2D eigenvalue weighted by atomic mass is 19.4. The zero-order valence-electron chi connectivity index (χ0n) is 10.7. The van der Waals surface area contributed by atoms with Crippen LogP contribution in [0.5, 0.6) is 0 Å². The van der Waals surface area contributed by atoms with Gasteiger partial charge in [-0.05, 0) is 37.5 Å². The number of anilines is 1. The summed E-state index contributed by atoms with van der Waals surface area (Å²) in [4.78, 5) is 12.7. The quantitative estimate of drug-likeness (QED) is 0.757. The maximum atomic E-state index is 12.9. The minimum Gasteiger partial charge on any atom is -0.369 e. The fourth-order valence-corrected chi connectivity index (χ4v) is 2.22. The second kappa shape index (κ2) is 5.23. The van der Waals surface area contributed by atoms with Crippen molar-refractivity contribution in [2.24, 2.45) is 0 Å².